The van der Waals surface area contributed by atoms with Gasteiger partial charge in [-0.2, -0.15) is 19.6 Å². The van der Waals surface area contributed by atoms with Crippen molar-refractivity contribution in [2.24, 2.45) is 4.99 Å². The van der Waals surface area contributed by atoms with Crippen molar-refractivity contribution in [2.75, 3.05) is 5.32 Å². The Balaban J connectivity index is 1.40. The van der Waals surface area contributed by atoms with E-state index in [0.717, 1.165) is 29.5 Å². The number of anilines is 1. The fourth-order valence-electron chi connectivity index (χ4n) is 3.81. The minimum absolute atomic E-state index is 0.231. The first kappa shape index (κ1) is 20.8. The summed E-state index contributed by atoms with van der Waals surface area (Å²) in [6, 6.07) is 12.3. The predicted octanol–water partition coefficient (Wildman–Crippen LogP) is 1.13. The zero-order chi connectivity index (χ0) is 23.8. The van der Waals surface area contributed by atoms with E-state index in [-0.39, 0.29) is 17.6 Å². The molecule has 1 saturated carbocycles. The first-order chi connectivity index (χ1) is 17.1. The number of hydrogen-bond donors (Lipinski definition) is 4. The predicted molar refractivity (Wildman–Crippen MR) is 128 cm³/mol. The lowest BCUT2D eigenvalue weighted by atomic mass is 10.0. The molecule has 5 aromatic rings. The number of imidazole rings is 1. The maximum Gasteiger partial charge on any atom is 0.326 e. The second-order valence-electron chi connectivity index (χ2n) is 8.28. The lowest BCUT2D eigenvalue weighted by Crippen LogP contribution is -2.24. The average Bonchev–Trinajstić information content (AvgIpc) is 3.51. The van der Waals surface area contributed by atoms with Gasteiger partial charge in [-0.15, -0.1) is 0 Å². The van der Waals surface area contributed by atoms with Crippen LogP contribution in [0.25, 0.3) is 22.9 Å². The van der Waals surface area contributed by atoms with Gasteiger partial charge in [0.15, 0.2) is 5.65 Å². The average molecular weight is 467 g/mol. The zero-order valence-electron chi connectivity index (χ0n) is 18.5. The molecule has 0 amide bonds. The van der Waals surface area contributed by atoms with Gasteiger partial charge in [0.1, 0.15) is 5.69 Å². The molecule has 4 heterocycles. The monoisotopic (exact) mass is 467 g/mol. The molecule has 1 aliphatic rings. The van der Waals surface area contributed by atoms with Gasteiger partial charge < -0.3 is 15.4 Å². The Morgan fingerprint density at radius 1 is 1.14 bits per heavy atom. The van der Waals surface area contributed by atoms with Crippen molar-refractivity contribution in [1.82, 2.24) is 34.5 Å². The van der Waals surface area contributed by atoms with Crippen LogP contribution in [0.1, 0.15) is 24.1 Å². The van der Waals surface area contributed by atoms with Gasteiger partial charge in [-0.25, -0.2) is 9.79 Å². The normalized spacial score (nSPS) is 14.6. The first-order valence-corrected chi connectivity index (χ1v) is 11.2. The summed E-state index contributed by atoms with van der Waals surface area (Å²) in [6.45, 7) is 0.489. The van der Waals surface area contributed by atoms with Gasteiger partial charge in [0.25, 0.3) is 5.62 Å². The third kappa shape index (κ3) is 4.26. The summed E-state index contributed by atoms with van der Waals surface area (Å²) in [5.74, 6) is 0.150. The topological polar surface area (TPSA) is 149 Å². The number of rotatable bonds is 6. The maximum atomic E-state index is 11.5. The van der Waals surface area contributed by atoms with Gasteiger partial charge in [0.2, 0.25) is 11.8 Å². The Morgan fingerprint density at radius 2 is 2.03 bits per heavy atom. The Kier molecular flexibility index (Phi) is 5.06. The van der Waals surface area contributed by atoms with Crippen molar-refractivity contribution in [2.45, 2.75) is 25.4 Å². The van der Waals surface area contributed by atoms with Crippen LogP contribution in [0, 0.1) is 0 Å². The summed E-state index contributed by atoms with van der Waals surface area (Å²) in [4.78, 5) is 34.6. The van der Waals surface area contributed by atoms with E-state index in [4.69, 9.17) is 4.99 Å². The molecule has 1 fully saturated rings. The summed E-state index contributed by atoms with van der Waals surface area (Å²) in [7, 11) is 0. The van der Waals surface area contributed by atoms with Crippen molar-refractivity contribution in [3.05, 3.63) is 87.6 Å². The Morgan fingerprint density at radius 3 is 2.80 bits per heavy atom. The molecule has 11 nitrogen and oxygen atoms in total. The first-order valence-electron chi connectivity index (χ1n) is 11.2. The summed E-state index contributed by atoms with van der Waals surface area (Å²) in [5, 5.41) is 18.3. The molecule has 4 N–H and O–H groups in total. The van der Waals surface area contributed by atoms with Crippen molar-refractivity contribution in [3.8, 4) is 17.0 Å². The van der Waals surface area contributed by atoms with Crippen LogP contribution in [0.15, 0.2) is 64.8 Å². The number of pyridine rings is 1. The van der Waals surface area contributed by atoms with Crippen LogP contribution in [-0.2, 0) is 6.54 Å². The number of fused-ring (bicyclic) bond motifs is 1. The smallest absolute Gasteiger partial charge is 0.326 e. The minimum Gasteiger partial charge on any atom is -0.493 e. The highest BCUT2D eigenvalue weighted by atomic mass is 16.3. The molecule has 35 heavy (non-hydrogen) atoms. The number of aromatic hydroxyl groups is 1. The van der Waals surface area contributed by atoms with Crippen LogP contribution in [0.3, 0.4) is 0 Å². The van der Waals surface area contributed by atoms with Crippen LogP contribution < -0.4 is 21.8 Å². The molecule has 0 bridgehead atoms. The molecule has 0 atom stereocenters. The minimum atomic E-state index is -0.501. The van der Waals surface area contributed by atoms with Crippen molar-refractivity contribution in [3.63, 3.8) is 0 Å². The van der Waals surface area contributed by atoms with E-state index < -0.39 is 5.69 Å². The molecule has 0 aliphatic heterocycles. The lowest BCUT2D eigenvalue weighted by Gasteiger charge is -2.11. The van der Waals surface area contributed by atoms with Gasteiger partial charge in [0, 0.05) is 29.7 Å². The van der Waals surface area contributed by atoms with Gasteiger partial charge in [-0.3, -0.25) is 9.97 Å². The molecule has 1 aliphatic carbocycles. The van der Waals surface area contributed by atoms with Crippen molar-refractivity contribution in [1.29, 1.82) is 0 Å². The Hall–Kier alpha value is -4.80. The molecule has 6 rings (SSSR count). The fourth-order valence-corrected chi connectivity index (χ4v) is 3.81. The molecule has 1 aromatic carbocycles. The molecule has 4 aromatic heterocycles. The number of nitrogens with zero attached hydrogens (tertiary/aromatic N) is 6. The van der Waals surface area contributed by atoms with E-state index in [1.807, 2.05) is 36.5 Å². The Bertz CT molecular complexity index is 1700. The van der Waals surface area contributed by atoms with E-state index in [9.17, 15) is 9.90 Å². The standard InChI is InChI=1S/C24H21N9O2/c34-21-19(29-24(35)31-21)10-16-13-27-33-20(16)30-22(32-23(33)28-17-7-8-17)26-12-15-4-1-2-6-18(15)14-5-3-9-25-11-14/h1-6,9-11,13,17,34H,7-8,12H2,(H,26,28,32)(H2,29,31,35). The van der Waals surface area contributed by atoms with Gasteiger partial charge in [0.05, 0.1) is 12.2 Å². The van der Waals surface area contributed by atoms with Crippen molar-refractivity contribution < 1.29 is 5.11 Å². The summed E-state index contributed by atoms with van der Waals surface area (Å²) in [5.41, 5.74) is 3.86. The summed E-state index contributed by atoms with van der Waals surface area (Å²) in [6.07, 6.45) is 8.83. The van der Waals surface area contributed by atoms with Gasteiger partial charge in [-0.1, -0.05) is 30.3 Å². The highest BCUT2D eigenvalue weighted by molar-refractivity contribution is 5.66. The third-order valence-corrected chi connectivity index (χ3v) is 5.69. The quantitative estimate of drug-likeness (QED) is 0.292. The zero-order valence-corrected chi connectivity index (χ0v) is 18.5. The van der Waals surface area contributed by atoms with Crippen LogP contribution >= 0.6 is 0 Å². The second kappa shape index (κ2) is 8.52. The van der Waals surface area contributed by atoms with Gasteiger partial charge >= 0.3 is 5.69 Å². The van der Waals surface area contributed by atoms with E-state index in [1.54, 1.807) is 23.0 Å². The fraction of sp³-hybridized carbons (Fsp3) is 0.167. The highest BCUT2D eigenvalue weighted by Gasteiger charge is 2.21. The molecule has 0 saturated heterocycles. The van der Waals surface area contributed by atoms with E-state index in [0.29, 0.717) is 29.0 Å². The molecule has 174 valence electrons. The third-order valence-electron chi connectivity index (χ3n) is 5.69. The highest BCUT2D eigenvalue weighted by Crippen LogP contribution is 2.24. The molecule has 11 heteroatoms. The molecular formula is C24H21N9O2. The number of hydrogen-bond acceptors (Lipinski definition) is 8. The van der Waals surface area contributed by atoms with E-state index in [2.05, 4.69) is 41.4 Å². The van der Waals surface area contributed by atoms with E-state index in [1.165, 1.54) is 0 Å². The summed E-state index contributed by atoms with van der Waals surface area (Å²) >= 11 is 0. The molecule has 0 radical (unpaired) electrons. The van der Waals surface area contributed by atoms with Crippen LogP contribution in [0.4, 0.5) is 5.95 Å². The molecule has 0 spiro atoms. The number of benzene rings is 1. The SMILES string of the molecule is O=c1[nH]c(O)c(C=c2cnn3c(=NC4CC4)nc(NCc4ccccc4-c4cccnc4)nc23)[nH]1. The largest absolute Gasteiger partial charge is 0.493 e. The second-order valence-corrected chi connectivity index (χ2v) is 8.28. The van der Waals surface area contributed by atoms with Crippen LogP contribution in [0.2, 0.25) is 0 Å². The summed E-state index contributed by atoms with van der Waals surface area (Å²) < 4.78 is 1.57. The number of aromatic amines is 2. The van der Waals surface area contributed by atoms with E-state index >= 15 is 0 Å². The van der Waals surface area contributed by atoms with Crippen LogP contribution in [-0.4, -0.2) is 45.7 Å². The van der Waals surface area contributed by atoms with Crippen molar-refractivity contribution >= 4 is 17.7 Å². The number of aromatic nitrogens is 7. The number of H-pyrrole nitrogens is 2. The lowest BCUT2D eigenvalue weighted by molar-refractivity contribution is 0.454. The number of nitrogens with one attached hydrogen (secondary N) is 3. The van der Waals surface area contributed by atoms with Gasteiger partial charge in [-0.05, 0) is 36.1 Å². The Labute approximate surface area is 198 Å². The van der Waals surface area contributed by atoms with Crippen LogP contribution in [0.5, 0.6) is 5.88 Å². The molecule has 0 unspecified atom stereocenters. The maximum absolute atomic E-state index is 11.5. The molecular weight excluding hydrogens is 446 g/mol.